The number of nitrogens with one attached hydrogen (secondary N) is 1. The Balaban J connectivity index is 1.99. The molecule has 0 aliphatic carbocycles. The molecule has 0 unspecified atom stereocenters. The fraction of sp³-hybridized carbons (Fsp3) is 0.154. The van der Waals surface area contributed by atoms with Gasteiger partial charge in [-0.05, 0) is 39.7 Å². The topological polar surface area (TPSA) is 34.1 Å². The second kappa shape index (κ2) is 6.07. The number of aromatic nitrogens is 1. The van der Waals surface area contributed by atoms with Gasteiger partial charge in [-0.25, -0.2) is 4.98 Å². The number of ether oxygens (including phenoxy) is 1. The molecule has 0 aliphatic rings. The molecule has 1 N–H and O–H groups in total. The summed E-state index contributed by atoms with van der Waals surface area (Å²) in [5, 5.41) is 3.74. The van der Waals surface area contributed by atoms with Gasteiger partial charge in [-0.3, -0.25) is 0 Å². The highest BCUT2D eigenvalue weighted by molar-refractivity contribution is 9.10. The summed E-state index contributed by atoms with van der Waals surface area (Å²) in [6.45, 7) is 0.722. The Labute approximate surface area is 119 Å². The molecule has 5 heteroatoms. The van der Waals surface area contributed by atoms with Crippen molar-refractivity contribution in [1.29, 1.82) is 0 Å². The van der Waals surface area contributed by atoms with Crippen LogP contribution in [0.5, 0.6) is 5.75 Å². The number of benzene rings is 1. The largest absolute Gasteiger partial charge is 0.497 e. The Morgan fingerprint density at radius 2 is 2.06 bits per heavy atom. The van der Waals surface area contributed by atoms with Gasteiger partial charge in [-0.1, -0.05) is 23.7 Å². The lowest BCUT2D eigenvalue weighted by molar-refractivity contribution is 0.414. The van der Waals surface area contributed by atoms with Crippen molar-refractivity contribution in [3.8, 4) is 5.75 Å². The standard InChI is InChI=1S/C13H12BrClN2O/c1-18-11-4-2-9(3-5-11)7-16-10-6-12(14)13(15)17-8-10/h2-6,8,16H,7H2,1H3. The van der Waals surface area contributed by atoms with E-state index < -0.39 is 0 Å². The molecule has 0 fully saturated rings. The minimum Gasteiger partial charge on any atom is -0.497 e. The molecule has 0 radical (unpaired) electrons. The molecule has 0 amide bonds. The van der Waals surface area contributed by atoms with Gasteiger partial charge < -0.3 is 10.1 Å². The first-order chi connectivity index (χ1) is 8.69. The third kappa shape index (κ3) is 3.37. The second-order valence-electron chi connectivity index (χ2n) is 3.70. The number of methoxy groups -OCH3 is 1. The summed E-state index contributed by atoms with van der Waals surface area (Å²) in [6.07, 6.45) is 1.70. The van der Waals surface area contributed by atoms with Gasteiger partial charge >= 0.3 is 0 Å². The van der Waals surface area contributed by atoms with Crippen LogP contribution in [-0.2, 0) is 6.54 Å². The molecule has 1 aromatic carbocycles. The lowest BCUT2D eigenvalue weighted by Crippen LogP contribution is -1.99. The van der Waals surface area contributed by atoms with E-state index in [0.717, 1.165) is 22.5 Å². The highest BCUT2D eigenvalue weighted by Crippen LogP contribution is 2.23. The number of hydrogen-bond donors (Lipinski definition) is 1. The molecular weight excluding hydrogens is 316 g/mol. The summed E-state index contributed by atoms with van der Waals surface area (Å²) in [4.78, 5) is 4.05. The highest BCUT2D eigenvalue weighted by Gasteiger charge is 2.00. The molecule has 18 heavy (non-hydrogen) atoms. The van der Waals surface area contributed by atoms with Crippen molar-refractivity contribution >= 4 is 33.2 Å². The van der Waals surface area contributed by atoms with E-state index in [2.05, 4.69) is 26.2 Å². The molecule has 94 valence electrons. The number of hydrogen-bond acceptors (Lipinski definition) is 3. The van der Waals surface area contributed by atoms with Crippen molar-refractivity contribution in [3.05, 3.63) is 51.7 Å². The van der Waals surface area contributed by atoms with Crippen molar-refractivity contribution in [2.75, 3.05) is 12.4 Å². The fourth-order valence-corrected chi connectivity index (χ4v) is 1.92. The van der Waals surface area contributed by atoms with E-state index in [0.29, 0.717) is 5.15 Å². The maximum Gasteiger partial charge on any atom is 0.143 e. The number of halogens is 2. The van der Waals surface area contributed by atoms with Gasteiger partial charge in [0.1, 0.15) is 10.9 Å². The Kier molecular flexibility index (Phi) is 4.44. The molecule has 0 atom stereocenters. The number of pyridine rings is 1. The molecule has 0 bridgehead atoms. The van der Waals surface area contributed by atoms with Gasteiger partial charge in [0.2, 0.25) is 0 Å². The van der Waals surface area contributed by atoms with Crippen LogP contribution in [0, 0.1) is 0 Å². The second-order valence-corrected chi connectivity index (χ2v) is 4.91. The molecule has 2 rings (SSSR count). The van der Waals surface area contributed by atoms with Gasteiger partial charge in [0.25, 0.3) is 0 Å². The van der Waals surface area contributed by atoms with Crippen LogP contribution in [0.4, 0.5) is 5.69 Å². The van der Waals surface area contributed by atoms with Crippen molar-refractivity contribution in [3.63, 3.8) is 0 Å². The van der Waals surface area contributed by atoms with Crippen LogP contribution in [0.3, 0.4) is 0 Å². The molecule has 2 aromatic rings. The Bertz CT molecular complexity index is 531. The SMILES string of the molecule is COc1ccc(CNc2cnc(Cl)c(Br)c2)cc1. The average molecular weight is 328 g/mol. The number of anilines is 1. The Morgan fingerprint density at radius 3 is 2.67 bits per heavy atom. The summed E-state index contributed by atoms with van der Waals surface area (Å²) in [6, 6.07) is 9.81. The molecular formula is C13H12BrClN2O. The molecule has 1 aromatic heterocycles. The summed E-state index contributed by atoms with van der Waals surface area (Å²) in [7, 11) is 1.66. The molecule has 1 heterocycles. The predicted molar refractivity (Wildman–Crippen MR) is 77.3 cm³/mol. The average Bonchev–Trinajstić information content (AvgIpc) is 2.41. The third-order valence-electron chi connectivity index (χ3n) is 2.45. The quantitative estimate of drug-likeness (QED) is 0.858. The van der Waals surface area contributed by atoms with Gasteiger partial charge in [0.15, 0.2) is 0 Å². The van der Waals surface area contributed by atoms with E-state index in [-0.39, 0.29) is 0 Å². The lowest BCUT2D eigenvalue weighted by Gasteiger charge is -2.07. The molecule has 0 aliphatic heterocycles. The van der Waals surface area contributed by atoms with E-state index in [1.165, 1.54) is 5.56 Å². The van der Waals surface area contributed by atoms with Gasteiger partial charge in [0, 0.05) is 6.54 Å². The van der Waals surface area contributed by atoms with Gasteiger partial charge in [0.05, 0.1) is 23.5 Å². The Hall–Kier alpha value is -1.26. The van der Waals surface area contributed by atoms with E-state index in [9.17, 15) is 0 Å². The zero-order valence-corrected chi connectivity index (χ0v) is 12.1. The minimum atomic E-state index is 0.463. The molecule has 3 nitrogen and oxygen atoms in total. The smallest absolute Gasteiger partial charge is 0.143 e. The summed E-state index contributed by atoms with van der Waals surface area (Å²) < 4.78 is 5.89. The minimum absolute atomic E-state index is 0.463. The highest BCUT2D eigenvalue weighted by atomic mass is 79.9. The van der Waals surface area contributed by atoms with Crippen molar-refractivity contribution < 1.29 is 4.74 Å². The van der Waals surface area contributed by atoms with Crippen molar-refractivity contribution in [1.82, 2.24) is 4.98 Å². The summed E-state index contributed by atoms with van der Waals surface area (Å²) in [5.41, 5.74) is 2.09. The van der Waals surface area contributed by atoms with Crippen molar-refractivity contribution in [2.45, 2.75) is 6.54 Å². The van der Waals surface area contributed by atoms with Crippen LogP contribution in [0.2, 0.25) is 5.15 Å². The maximum absolute atomic E-state index is 5.83. The van der Waals surface area contributed by atoms with E-state index in [1.54, 1.807) is 13.3 Å². The third-order valence-corrected chi connectivity index (χ3v) is 3.59. The summed E-state index contributed by atoms with van der Waals surface area (Å²) >= 11 is 9.17. The zero-order chi connectivity index (χ0) is 13.0. The number of rotatable bonds is 4. The number of nitrogens with zero attached hydrogens (tertiary/aromatic N) is 1. The molecule has 0 saturated carbocycles. The first-order valence-corrected chi connectivity index (χ1v) is 6.54. The first kappa shape index (κ1) is 13.2. The van der Waals surface area contributed by atoms with E-state index >= 15 is 0 Å². The lowest BCUT2D eigenvalue weighted by atomic mass is 10.2. The van der Waals surface area contributed by atoms with E-state index in [4.69, 9.17) is 16.3 Å². The van der Waals surface area contributed by atoms with E-state index in [1.807, 2.05) is 30.3 Å². The fourth-order valence-electron chi connectivity index (χ4n) is 1.47. The Morgan fingerprint density at radius 1 is 1.33 bits per heavy atom. The van der Waals surface area contributed by atoms with Crippen LogP contribution < -0.4 is 10.1 Å². The molecule has 0 saturated heterocycles. The normalized spacial score (nSPS) is 10.2. The van der Waals surface area contributed by atoms with Crippen LogP contribution in [0.15, 0.2) is 41.0 Å². The van der Waals surface area contributed by atoms with Crippen LogP contribution in [0.1, 0.15) is 5.56 Å². The summed E-state index contributed by atoms with van der Waals surface area (Å²) in [5.74, 6) is 0.856. The zero-order valence-electron chi connectivity index (χ0n) is 9.78. The van der Waals surface area contributed by atoms with Crippen molar-refractivity contribution in [2.24, 2.45) is 0 Å². The van der Waals surface area contributed by atoms with Crippen LogP contribution >= 0.6 is 27.5 Å². The van der Waals surface area contributed by atoms with Crippen LogP contribution in [-0.4, -0.2) is 12.1 Å². The van der Waals surface area contributed by atoms with Gasteiger partial charge in [-0.15, -0.1) is 0 Å². The predicted octanol–water partition coefficient (Wildman–Crippen LogP) is 4.12. The monoisotopic (exact) mass is 326 g/mol. The molecule has 0 spiro atoms. The van der Waals surface area contributed by atoms with Gasteiger partial charge in [-0.2, -0.15) is 0 Å². The van der Waals surface area contributed by atoms with Crippen LogP contribution in [0.25, 0.3) is 0 Å². The first-order valence-electron chi connectivity index (χ1n) is 5.37. The maximum atomic E-state index is 5.83.